The lowest BCUT2D eigenvalue weighted by molar-refractivity contribution is -0.136. The van der Waals surface area contributed by atoms with Crippen LogP contribution in [0.15, 0.2) is 78.9 Å². The Balaban J connectivity index is 0.699. The molecule has 0 bridgehead atoms. The van der Waals surface area contributed by atoms with Crippen LogP contribution < -0.4 is 20.7 Å². The number of imide groups is 2. The van der Waals surface area contributed by atoms with Gasteiger partial charge in [0.15, 0.2) is 0 Å². The average Bonchev–Trinajstić information content (AvgIpc) is 3.54. The highest BCUT2D eigenvalue weighted by Gasteiger charge is 2.44. The number of piperidine rings is 2. The van der Waals surface area contributed by atoms with Gasteiger partial charge in [0, 0.05) is 56.8 Å². The van der Waals surface area contributed by atoms with Crippen molar-refractivity contribution in [3.8, 4) is 5.75 Å². The molecule has 3 saturated heterocycles. The SMILES string of the molecule is C[C@H](c1cccc2ccccc12)N1CCC(C(=O)NCc2cc(F)cc(NC(=O)N3CCN(CCCCCCOc4ccc5c(c4)C(=O)N(C4CCC(=O)NC4=O)C5=O)CC3)c2)CC1. The van der Waals surface area contributed by atoms with E-state index in [1.165, 1.54) is 28.5 Å². The van der Waals surface area contributed by atoms with Gasteiger partial charge in [-0.15, -0.1) is 0 Å². The summed E-state index contributed by atoms with van der Waals surface area (Å²) < 4.78 is 20.6. The summed E-state index contributed by atoms with van der Waals surface area (Å²) in [7, 11) is 0. The fourth-order valence-corrected chi connectivity index (χ4v) is 9.42. The van der Waals surface area contributed by atoms with Crippen molar-refractivity contribution in [2.45, 2.75) is 76.9 Å². The number of rotatable bonds is 15. The number of anilines is 1. The van der Waals surface area contributed by atoms with Gasteiger partial charge in [-0.25, -0.2) is 9.18 Å². The summed E-state index contributed by atoms with van der Waals surface area (Å²) in [5.41, 5.74) is 2.64. The predicted octanol–water partition coefficient (Wildman–Crippen LogP) is 6.26. The van der Waals surface area contributed by atoms with E-state index < -0.39 is 35.5 Å². The van der Waals surface area contributed by atoms with Gasteiger partial charge < -0.3 is 20.3 Å². The van der Waals surface area contributed by atoms with Gasteiger partial charge in [-0.3, -0.25) is 44.0 Å². The molecule has 4 aliphatic rings. The number of urea groups is 1. The third-order valence-corrected chi connectivity index (χ3v) is 13.1. The van der Waals surface area contributed by atoms with E-state index in [0.29, 0.717) is 36.7 Å². The summed E-state index contributed by atoms with van der Waals surface area (Å²) in [6, 6.07) is 22.9. The van der Waals surface area contributed by atoms with Crippen LogP contribution in [-0.2, 0) is 20.9 Å². The van der Waals surface area contributed by atoms with E-state index in [-0.39, 0.29) is 54.4 Å². The highest BCUT2D eigenvalue weighted by molar-refractivity contribution is 6.23. The lowest BCUT2D eigenvalue weighted by atomic mass is 9.92. The van der Waals surface area contributed by atoms with Crippen molar-refractivity contribution in [3.63, 3.8) is 0 Å². The predicted molar refractivity (Wildman–Crippen MR) is 239 cm³/mol. The Hall–Kier alpha value is -6.19. The van der Waals surface area contributed by atoms with Gasteiger partial charge in [0.1, 0.15) is 17.6 Å². The molecule has 336 valence electrons. The molecular formula is C49H56FN7O7. The second kappa shape index (κ2) is 20.1. The summed E-state index contributed by atoms with van der Waals surface area (Å²) >= 11 is 0. The van der Waals surface area contributed by atoms with Crippen LogP contribution in [-0.4, -0.2) is 114 Å². The van der Waals surface area contributed by atoms with Crippen molar-refractivity contribution in [3.05, 3.63) is 107 Å². The molecule has 0 radical (unpaired) electrons. The quantitative estimate of drug-likeness (QED) is 0.0926. The van der Waals surface area contributed by atoms with Crippen LogP contribution in [0.3, 0.4) is 0 Å². The topological polar surface area (TPSA) is 161 Å². The van der Waals surface area contributed by atoms with Crippen molar-refractivity contribution in [2.75, 3.05) is 57.7 Å². The molecule has 4 heterocycles. The lowest BCUT2D eigenvalue weighted by Crippen LogP contribution is -2.54. The maximum absolute atomic E-state index is 14.7. The standard InChI is InChI=1S/C49H56FN7O7/c1-32(39-12-8-10-34-9-4-5-11-40(34)39)55-20-17-35(18-21-55)45(59)51-31-33-27-36(50)29-37(28-33)52-49(63)56-24-22-54(23-25-56)19-6-2-3-7-26-64-38-13-14-41-42(30-38)48(62)57(47(41)61)43-15-16-44(58)53-46(43)60/h4-5,8-14,27-30,32,35,43H,2-3,6-7,15-26,31H2,1H3,(H,51,59)(H,52,63)(H,53,58,60)/t32-,43?/m1/s1. The minimum absolute atomic E-state index is 0.0334. The molecule has 15 heteroatoms. The molecule has 4 aliphatic heterocycles. The fourth-order valence-electron chi connectivity index (χ4n) is 9.42. The van der Waals surface area contributed by atoms with Crippen LogP contribution in [0.1, 0.15) is 96.2 Å². The molecule has 7 amide bonds. The van der Waals surface area contributed by atoms with E-state index in [1.54, 1.807) is 29.2 Å². The van der Waals surface area contributed by atoms with E-state index in [4.69, 9.17) is 4.74 Å². The monoisotopic (exact) mass is 873 g/mol. The molecule has 1 unspecified atom stereocenters. The van der Waals surface area contributed by atoms with E-state index in [2.05, 4.69) is 75.1 Å². The second-order valence-electron chi connectivity index (χ2n) is 17.3. The molecule has 4 aromatic rings. The van der Waals surface area contributed by atoms with Crippen molar-refractivity contribution >= 4 is 52.0 Å². The van der Waals surface area contributed by atoms with Crippen molar-refractivity contribution in [1.82, 2.24) is 30.2 Å². The van der Waals surface area contributed by atoms with Gasteiger partial charge in [-0.1, -0.05) is 55.3 Å². The van der Waals surface area contributed by atoms with Gasteiger partial charge in [0.25, 0.3) is 11.8 Å². The van der Waals surface area contributed by atoms with Crippen molar-refractivity contribution in [2.24, 2.45) is 5.92 Å². The molecule has 4 aromatic carbocycles. The molecule has 0 aromatic heterocycles. The molecule has 0 spiro atoms. The van der Waals surface area contributed by atoms with Crippen LogP contribution >= 0.6 is 0 Å². The summed E-state index contributed by atoms with van der Waals surface area (Å²) in [5, 5.41) is 10.5. The molecular weight excluding hydrogens is 818 g/mol. The maximum atomic E-state index is 14.7. The number of nitrogens with zero attached hydrogens (tertiary/aromatic N) is 4. The second-order valence-corrected chi connectivity index (χ2v) is 17.3. The van der Waals surface area contributed by atoms with Gasteiger partial charge in [0.2, 0.25) is 17.7 Å². The zero-order chi connectivity index (χ0) is 44.7. The molecule has 64 heavy (non-hydrogen) atoms. The smallest absolute Gasteiger partial charge is 0.321 e. The average molecular weight is 874 g/mol. The van der Waals surface area contributed by atoms with Crippen LogP contribution in [0.5, 0.6) is 5.75 Å². The first-order chi connectivity index (χ1) is 31.0. The van der Waals surface area contributed by atoms with Crippen LogP contribution in [0.2, 0.25) is 0 Å². The van der Waals surface area contributed by atoms with Crippen LogP contribution in [0.4, 0.5) is 14.9 Å². The van der Waals surface area contributed by atoms with Crippen molar-refractivity contribution < 1.29 is 37.9 Å². The Kier molecular flexibility index (Phi) is 14.0. The minimum atomic E-state index is -1.01. The number of amides is 7. The van der Waals surface area contributed by atoms with Crippen LogP contribution in [0.25, 0.3) is 10.8 Å². The molecule has 8 rings (SSSR count). The van der Waals surface area contributed by atoms with Gasteiger partial charge in [-0.2, -0.15) is 0 Å². The Morgan fingerprint density at radius 1 is 0.812 bits per heavy atom. The first kappa shape index (κ1) is 44.4. The zero-order valence-electron chi connectivity index (χ0n) is 36.3. The first-order valence-corrected chi connectivity index (χ1v) is 22.6. The molecule has 0 aliphatic carbocycles. The maximum Gasteiger partial charge on any atom is 0.321 e. The van der Waals surface area contributed by atoms with Gasteiger partial charge >= 0.3 is 6.03 Å². The number of carbonyl (C=O) groups excluding carboxylic acids is 6. The summed E-state index contributed by atoms with van der Waals surface area (Å²) in [6.45, 7) is 7.97. The number of hydrogen-bond donors (Lipinski definition) is 3. The summed E-state index contributed by atoms with van der Waals surface area (Å²) in [6.07, 6.45) is 5.41. The Labute approximate surface area is 372 Å². The number of carbonyl (C=O) groups is 6. The lowest BCUT2D eigenvalue weighted by Gasteiger charge is -2.36. The number of benzene rings is 4. The number of nitrogens with one attached hydrogen (secondary N) is 3. The highest BCUT2D eigenvalue weighted by Crippen LogP contribution is 2.33. The van der Waals surface area contributed by atoms with Crippen molar-refractivity contribution in [1.29, 1.82) is 0 Å². The largest absolute Gasteiger partial charge is 0.494 e. The van der Waals surface area contributed by atoms with E-state index >= 15 is 0 Å². The number of hydrogen-bond acceptors (Lipinski definition) is 9. The van der Waals surface area contributed by atoms with E-state index in [1.807, 2.05) is 0 Å². The Morgan fingerprint density at radius 2 is 1.56 bits per heavy atom. The Morgan fingerprint density at radius 3 is 2.36 bits per heavy atom. The zero-order valence-corrected chi connectivity index (χ0v) is 36.3. The minimum Gasteiger partial charge on any atom is -0.494 e. The number of halogens is 1. The van der Waals surface area contributed by atoms with Gasteiger partial charge in [0.05, 0.1) is 17.7 Å². The summed E-state index contributed by atoms with van der Waals surface area (Å²) in [5.74, 6) is -2.33. The molecule has 3 fully saturated rings. The molecule has 14 nitrogen and oxygen atoms in total. The number of piperazine rings is 1. The number of fused-ring (bicyclic) bond motifs is 2. The third-order valence-electron chi connectivity index (χ3n) is 13.1. The third kappa shape index (κ3) is 10.3. The van der Waals surface area contributed by atoms with E-state index in [9.17, 15) is 33.2 Å². The van der Waals surface area contributed by atoms with Gasteiger partial charge in [-0.05, 0) is 117 Å². The normalized spacial score (nSPS) is 19.1. The highest BCUT2D eigenvalue weighted by atomic mass is 19.1. The Bertz CT molecular complexity index is 2410. The number of unbranched alkanes of at least 4 members (excludes halogenated alkanes) is 3. The molecule has 2 atom stereocenters. The number of ether oxygens (including phenoxy) is 1. The molecule has 3 N–H and O–H groups in total. The summed E-state index contributed by atoms with van der Waals surface area (Å²) in [4.78, 5) is 83.7. The van der Waals surface area contributed by atoms with Crippen LogP contribution in [0, 0.1) is 11.7 Å². The first-order valence-electron chi connectivity index (χ1n) is 22.6. The molecule has 0 saturated carbocycles. The fraction of sp³-hybridized carbons (Fsp3) is 0.429. The van der Waals surface area contributed by atoms with E-state index in [0.717, 1.165) is 76.1 Å². The number of likely N-dealkylation sites (tertiary alicyclic amines) is 1.